The number of carbonyl (C=O) groups excluding carboxylic acids is 1. The van der Waals surface area contributed by atoms with Gasteiger partial charge in [-0.1, -0.05) is 96.9 Å². The Balaban J connectivity index is 0.000000836. The Bertz CT molecular complexity index is 1230. The maximum Gasteiger partial charge on any atom is 0.274 e. The topological polar surface area (TPSA) is 53.4 Å². The molecule has 1 amide bonds. The highest BCUT2D eigenvalue weighted by atomic mass is 16.2. The third kappa shape index (κ3) is 10.0. The lowest BCUT2D eigenvalue weighted by atomic mass is 10.0. The van der Waals surface area contributed by atoms with Gasteiger partial charge in [-0.15, -0.1) is 6.58 Å². The van der Waals surface area contributed by atoms with Gasteiger partial charge in [0.25, 0.3) is 5.91 Å². The van der Waals surface area contributed by atoms with Crippen molar-refractivity contribution < 1.29 is 4.79 Å². The molecule has 1 unspecified atom stereocenters. The highest BCUT2D eigenvalue weighted by molar-refractivity contribution is 5.92. The standard InChI is InChI=1S/C30H39N5O.C4H10.C3H8/c1-6-11-29(25-15-14-22(3)27(20-25)31-5)35-26(7-2)21-28(32-35)30(36)34-18-16-33(17-19-34)23(4)24-12-9-8-10-13-24;1-3-4-2;1-3-2/h6,9,12-15,20-21,29,31H,1,4,7-8,10-11,16-19H2,2-3,5H3;3-4H2,1-2H3;3H2,1-2H3. The molecule has 1 aliphatic carbocycles. The van der Waals surface area contributed by atoms with E-state index in [1.165, 1.54) is 30.4 Å². The van der Waals surface area contributed by atoms with E-state index in [0.717, 1.165) is 61.4 Å². The minimum Gasteiger partial charge on any atom is -0.388 e. The Hall–Kier alpha value is -3.54. The molecular weight excluding hydrogens is 530 g/mol. The van der Waals surface area contributed by atoms with Crippen molar-refractivity contribution in [2.24, 2.45) is 0 Å². The number of aryl methyl sites for hydroxylation is 2. The molecule has 2 aliphatic rings. The lowest BCUT2D eigenvalue weighted by Crippen LogP contribution is -2.48. The molecule has 1 saturated heterocycles. The predicted molar refractivity (Wildman–Crippen MR) is 185 cm³/mol. The van der Waals surface area contributed by atoms with Crippen molar-refractivity contribution in [1.82, 2.24) is 19.6 Å². The van der Waals surface area contributed by atoms with E-state index in [0.29, 0.717) is 18.8 Å². The van der Waals surface area contributed by atoms with Gasteiger partial charge in [-0.3, -0.25) is 9.48 Å². The Kier molecular flexibility index (Phi) is 15.7. The molecule has 1 aliphatic heterocycles. The van der Waals surface area contributed by atoms with E-state index >= 15 is 0 Å². The van der Waals surface area contributed by atoms with Gasteiger partial charge < -0.3 is 15.1 Å². The van der Waals surface area contributed by atoms with E-state index in [9.17, 15) is 4.79 Å². The molecule has 0 radical (unpaired) electrons. The molecule has 1 N–H and O–H groups in total. The first-order valence-electron chi connectivity index (χ1n) is 16.4. The number of benzene rings is 1. The fraction of sp³-hybridized carbons (Fsp3) is 0.514. The second kappa shape index (κ2) is 18.9. The minimum atomic E-state index is -0.0105. The number of nitrogens with zero attached hydrogens (tertiary/aromatic N) is 4. The second-order valence-electron chi connectivity index (χ2n) is 11.3. The molecule has 236 valence electrons. The summed E-state index contributed by atoms with van der Waals surface area (Å²) in [4.78, 5) is 17.7. The van der Waals surface area contributed by atoms with Crippen LogP contribution in [0.5, 0.6) is 0 Å². The number of piperazine rings is 1. The largest absolute Gasteiger partial charge is 0.388 e. The highest BCUT2D eigenvalue weighted by Crippen LogP contribution is 2.29. The number of hydrogen-bond donors (Lipinski definition) is 1. The van der Waals surface area contributed by atoms with Gasteiger partial charge >= 0.3 is 0 Å². The smallest absolute Gasteiger partial charge is 0.274 e. The first kappa shape index (κ1) is 35.7. The van der Waals surface area contributed by atoms with Gasteiger partial charge in [0.2, 0.25) is 0 Å². The summed E-state index contributed by atoms with van der Waals surface area (Å²) in [6, 6.07) is 8.41. The predicted octanol–water partition coefficient (Wildman–Crippen LogP) is 8.73. The van der Waals surface area contributed by atoms with Crippen LogP contribution in [-0.4, -0.2) is 58.7 Å². The van der Waals surface area contributed by atoms with Crippen LogP contribution in [0.15, 0.2) is 73.0 Å². The van der Waals surface area contributed by atoms with Crippen molar-refractivity contribution in [3.05, 3.63) is 95.5 Å². The zero-order valence-electron chi connectivity index (χ0n) is 28.1. The number of aromatic nitrogens is 2. The van der Waals surface area contributed by atoms with E-state index in [1.807, 2.05) is 28.8 Å². The average Bonchev–Trinajstić information content (AvgIpc) is 3.48. The third-order valence-electron chi connectivity index (χ3n) is 7.77. The maximum absolute atomic E-state index is 13.5. The summed E-state index contributed by atoms with van der Waals surface area (Å²) in [5, 5.41) is 8.14. The Morgan fingerprint density at radius 3 is 2.21 bits per heavy atom. The summed E-state index contributed by atoms with van der Waals surface area (Å²) in [7, 11) is 1.94. The summed E-state index contributed by atoms with van der Waals surface area (Å²) in [5.74, 6) is 0.00247. The number of rotatable bonds is 10. The van der Waals surface area contributed by atoms with Gasteiger partial charge in [-0.25, -0.2) is 0 Å². The highest BCUT2D eigenvalue weighted by Gasteiger charge is 2.27. The van der Waals surface area contributed by atoms with Gasteiger partial charge in [-0.2, -0.15) is 5.10 Å². The van der Waals surface area contributed by atoms with Gasteiger partial charge in [0.15, 0.2) is 5.69 Å². The Labute approximate surface area is 262 Å². The molecule has 6 heteroatoms. The van der Waals surface area contributed by atoms with Gasteiger partial charge in [0, 0.05) is 50.3 Å². The van der Waals surface area contributed by atoms with E-state index < -0.39 is 0 Å². The summed E-state index contributed by atoms with van der Waals surface area (Å²) in [6.07, 6.45) is 16.1. The monoisotopic (exact) mass is 587 g/mol. The molecule has 1 aromatic heterocycles. The second-order valence-corrected chi connectivity index (χ2v) is 11.3. The summed E-state index contributed by atoms with van der Waals surface area (Å²) < 4.78 is 2.03. The molecule has 0 spiro atoms. The molecule has 2 heterocycles. The molecule has 0 bridgehead atoms. The number of hydrogen-bond acceptors (Lipinski definition) is 4. The summed E-state index contributed by atoms with van der Waals surface area (Å²) in [6.45, 7) is 24.0. The van der Waals surface area contributed by atoms with E-state index in [-0.39, 0.29) is 11.9 Å². The van der Waals surface area contributed by atoms with Gasteiger partial charge in [0.1, 0.15) is 0 Å². The van der Waals surface area contributed by atoms with E-state index in [2.05, 4.69) is 101 Å². The molecule has 1 atom stereocenters. The van der Waals surface area contributed by atoms with Crippen LogP contribution in [0.3, 0.4) is 0 Å². The molecule has 6 nitrogen and oxygen atoms in total. The summed E-state index contributed by atoms with van der Waals surface area (Å²) in [5.41, 5.74) is 7.29. The molecule has 43 heavy (non-hydrogen) atoms. The lowest BCUT2D eigenvalue weighted by molar-refractivity contribution is 0.0665. The number of nitrogens with one attached hydrogen (secondary N) is 1. The van der Waals surface area contributed by atoms with Crippen molar-refractivity contribution in [2.45, 2.75) is 92.5 Å². The van der Waals surface area contributed by atoms with Crippen LogP contribution >= 0.6 is 0 Å². The van der Waals surface area contributed by atoms with Crippen molar-refractivity contribution in [2.75, 3.05) is 38.5 Å². The normalized spacial score (nSPS) is 14.9. The molecule has 2 aromatic rings. The lowest BCUT2D eigenvalue weighted by Gasteiger charge is -2.37. The first-order chi connectivity index (χ1) is 20.8. The van der Waals surface area contributed by atoms with Crippen LogP contribution in [0.25, 0.3) is 0 Å². The van der Waals surface area contributed by atoms with Crippen LogP contribution in [0.4, 0.5) is 5.69 Å². The molecule has 0 saturated carbocycles. The number of anilines is 1. The van der Waals surface area contributed by atoms with Gasteiger partial charge in [0.05, 0.1) is 6.04 Å². The van der Waals surface area contributed by atoms with Gasteiger partial charge in [-0.05, 0) is 61.4 Å². The zero-order chi connectivity index (χ0) is 31.8. The summed E-state index contributed by atoms with van der Waals surface area (Å²) >= 11 is 0. The van der Waals surface area contributed by atoms with Crippen molar-refractivity contribution in [3.8, 4) is 0 Å². The Morgan fingerprint density at radius 2 is 1.67 bits per heavy atom. The maximum atomic E-state index is 13.5. The number of amides is 1. The fourth-order valence-electron chi connectivity index (χ4n) is 5.07. The molecule has 4 rings (SSSR count). The van der Waals surface area contributed by atoms with Crippen LogP contribution in [0.1, 0.15) is 106 Å². The quantitative estimate of drug-likeness (QED) is 0.282. The van der Waals surface area contributed by atoms with Crippen molar-refractivity contribution >= 4 is 11.6 Å². The van der Waals surface area contributed by atoms with E-state index in [1.54, 1.807) is 0 Å². The minimum absolute atomic E-state index is 0.00247. The van der Waals surface area contributed by atoms with Crippen LogP contribution in [0, 0.1) is 6.92 Å². The van der Waals surface area contributed by atoms with Crippen LogP contribution in [-0.2, 0) is 6.42 Å². The van der Waals surface area contributed by atoms with Crippen molar-refractivity contribution in [1.29, 1.82) is 0 Å². The van der Waals surface area contributed by atoms with Crippen LogP contribution < -0.4 is 5.32 Å². The fourth-order valence-corrected chi connectivity index (χ4v) is 5.07. The number of allylic oxidation sites excluding steroid dienone is 4. The SMILES string of the molecule is C=CCC(c1ccc(C)c(NC)c1)n1nc(C(=O)N2CCN(C(=C)C3=CCCC=C3)CC2)cc1CC.CCC.CCCC. The number of carbonyl (C=O) groups is 1. The van der Waals surface area contributed by atoms with Crippen LogP contribution in [0.2, 0.25) is 0 Å². The average molecular weight is 588 g/mol. The van der Waals surface area contributed by atoms with Crippen molar-refractivity contribution in [3.63, 3.8) is 0 Å². The Morgan fingerprint density at radius 1 is 1.02 bits per heavy atom. The number of unbranched alkanes of at least 4 members (excludes halogenated alkanes) is 1. The molecule has 1 fully saturated rings. The molecule has 1 aromatic carbocycles. The zero-order valence-corrected chi connectivity index (χ0v) is 28.1. The third-order valence-corrected chi connectivity index (χ3v) is 7.77. The van der Waals surface area contributed by atoms with E-state index in [4.69, 9.17) is 5.10 Å². The first-order valence-corrected chi connectivity index (χ1v) is 16.4. The molecular formula is C37H57N5O.